The second-order valence-corrected chi connectivity index (χ2v) is 6.55. The van der Waals surface area contributed by atoms with E-state index < -0.39 is 0 Å². The average Bonchev–Trinajstić information content (AvgIpc) is 2.46. The van der Waals surface area contributed by atoms with Gasteiger partial charge in [-0.05, 0) is 67.7 Å². The fourth-order valence-electron chi connectivity index (χ4n) is 3.20. The smallest absolute Gasteiger partial charge is 0.0351 e. The maximum Gasteiger partial charge on any atom is 0.0351 e. The first-order chi connectivity index (χ1) is 9.36. The quantitative estimate of drug-likeness (QED) is 0.740. The average molecular weight is 277 g/mol. The van der Waals surface area contributed by atoms with Crippen LogP contribution in [0.3, 0.4) is 0 Å². The van der Waals surface area contributed by atoms with E-state index in [0.29, 0.717) is 6.04 Å². The maximum absolute atomic E-state index is 3.80. The molecule has 1 aromatic rings. The Kier molecular flexibility index (Phi) is 6.25. The molecule has 0 heterocycles. The van der Waals surface area contributed by atoms with Crippen LogP contribution in [0.4, 0.5) is 0 Å². The van der Waals surface area contributed by atoms with Gasteiger partial charge in [0.05, 0.1) is 0 Å². The zero-order chi connectivity index (χ0) is 13.5. The maximum atomic E-state index is 3.80. The van der Waals surface area contributed by atoms with Gasteiger partial charge >= 0.3 is 0 Å². The van der Waals surface area contributed by atoms with Crippen LogP contribution in [-0.4, -0.2) is 18.6 Å². The topological polar surface area (TPSA) is 12.0 Å². The summed E-state index contributed by atoms with van der Waals surface area (Å²) < 4.78 is 0. The summed E-state index contributed by atoms with van der Waals surface area (Å²) in [6.45, 7) is 3.39. The van der Waals surface area contributed by atoms with E-state index in [9.17, 15) is 0 Å². The molecule has 0 spiro atoms. The van der Waals surface area contributed by atoms with Gasteiger partial charge < -0.3 is 5.32 Å². The molecule has 1 N–H and O–H groups in total. The standard InChI is InChI=1S/C17H27NS/c1-3-12-18-17-15(8-6-13-19-2)11-10-14-7-4-5-9-16(14)17/h4-5,7,9,15,17-18H,3,6,8,10-13H2,1-2H3. The molecule has 1 aliphatic carbocycles. The minimum absolute atomic E-state index is 0.590. The van der Waals surface area contributed by atoms with Crippen LogP contribution in [0.1, 0.15) is 49.8 Å². The molecule has 0 saturated heterocycles. The summed E-state index contributed by atoms with van der Waals surface area (Å²) in [5.41, 5.74) is 3.13. The first-order valence-electron chi connectivity index (χ1n) is 7.67. The molecule has 106 valence electrons. The molecule has 0 amide bonds. The van der Waals surface area contributed by atoms with Crippen molar-refractivity contribution in [3.05, 3.63) is 35.4 Å². The van der Waals surface area contributed by atoms with Gasteiger partial charge in [-0.25, -0.2) is 0 Å². The lowest BCUT2D eigenvalue weighted by Gasteiger charge is -2.34. The Morgan fingerprint density at radius 3 is 2.95 bits per heavy atom. The van der Waals surface area contributed by atoms with Crippen molar-refractivity contribution in [2.75, 3.05) is 18.6 Å². The van der Waals surface area contributed by atoms with Crippen LogP contribution < -0.4 is 5.32 Å². The summed E-state index contributed by atoms with van der Waals surface area (Å²) in [4.78, 5) is 0. The van der Waals surface area contributed by atoms with Crippen molar-refractivity contribution in [1.82, 2.24) is 5.32 Å². The third-order valence-corrected chi connectivity index (χ3v) is 4.88. The van der Waals surface area contributed by atoms with Gasteiger partial charge in [-0.3, -0.25) is 0 Å². The molecule has 0 radical (unpaired) electrons. The third kappa shape index (κ3) is 4.00. The lowest BCUT2D eigenvalue weighted by molar-refractivity contribution is 0.302. The molecule has 2 rings (SSSR count). The highest BCUT2D eigenvalue weighted by atomic mass is 32.2. The predicted molar refractivity (Wildman–Crippen MR) is 86.9 cm³/mol. The van der Waals surface area contributed by atoms with Crippen molar-refractivity contribution in [3.8, 4) is 0 Å². The molecule has 0 fully saturated rings. The minimum Gasteiger partial charge on any atom is -0.310 e. The number of fused-ring (bicyclic) bond motifs is 1. The Labute approximate surface area is 122 Å². The first-order valence-corrected chi connectivity index (χ1v) is 9.06. The van der Waals surface area contributed by atoms with Crippen molar-refractivity contribution < 1.29 is 0 Å². The molecule has 0 aliphatic heterocycles. The first kappa shape index (κ1) is 14.9. The highest BCUT2D eigenvalue weighted by molar-refractivity contribution is 7.98. The van der Waals surface area contributed by atoms with Crippen molar-refractivity contribution in [3.63, 3.8) is 0 Å². The van der Waals surface area contributed by atoms with Gasteiger partial charge in [0.1, 0.15) is 0 Å². The summed E-state index contributed by atoms with van der Waals surface area (Å²) in [5.74, 6) is 2.13. The summed E-state index contributed by atoms with van der Waals surface area (Å²) in [5, 5.41) is 3.80. The SMILES string of the molecule is CCCNC1c2ccccc2CCC1CCCSC. The van der Waals surface area contributed by atoms with Crippen LogP contribution in [0.2, 0.25) is 0 Å². The van der Waals surface area contributed by atoms with E-state index in [2.05, 4.69) is 42.8 Å². The molecule has 0 aromatic heterocycles. The van der Waals surface area contributed by atoms with Gasteiger partial charge in [-0.15, -0.1) is 0 Å². The monoisotopic (exact) mass is 277 g/mol. The second-order valence-electron chi connectivity index (χ2n) is 5.56. The van der Waals surface area contributed by atoms with E-state index in [4.69, 9.17) is 0 Å². The number of aryl methyl sites for hydroxylation is 1. The largest absolute Gasteiger partial charge is 0.310 e. The Morgan fingerprint density at radius 2 is 2.16 bits per heavy atom. The van der Waals surface area contributed by atoms with Crippen molar-refractivity contribution >= 4 is 11.8 Å². The van der Waals surface area contributed by atoms with Gasteiger partial charge in [-0.2, -0.15) is 11.8 Å². The van der Waals surface area contributed by atoms with Crippen LogP contribution >= 0.6 is 11.8 Å². The zero-order valence-corrected chi connectivity index (χ0v) is 13.1. The number of hydrogen-bond donors (Lipinski definition) is 1. The molecule has 2 heteroatoms. The van der Waals surface area contributed by atoms with Gasteiger partial charge in [0, 0.05) is 6.04 Å². The zero-order valence-electron chi connectivity index (χ0n) is 12.3. The van der Waals surface area contributed by atoms with Gasteiger partial charge in [0.25, 0.3) is 0 Å². The molecule has 2 unspecified atom stereocenters. The second kappa shape index (κ2) is 7.96. The molecule has 2 atom stereocenters. The summed E-state index contributed by atoms with van der Waals surface area (Å²) >= 11 is 1.97. The van der Waals surface area contributed by atoms with Gasteiger partial charge in [0.15, 0.2) is 0 Å². The summed E-state index contributed by atoms with van der Waals surface area (Å²) in [7, 11) is 0. The molecule has 1 aliphatic rings. The highest BCUT2D eigenvalue weighted by Gasteiger charge is 2.28. The van der Waals surface area contributed by atoms with Gasteiger partial charge in [-0.1, -0.05) is 31.2 Å². The van der Waals surface area contributed by atoms with Crippen LogP contribution in [0.25, 0.3) is 0 Å². The van der Waals surface area contributed by atoms with E-state index in [1.165, 1.54) is 37.9 Å². The molecule has 19 heavy (non-hydrogen) atoms. The van der Waals surface area contributed by atoms with Crippen LogP contribution in [0, 0.1) is 5.92 Å². The molecule has 0 saturated carbocycles. The van der Waals surface area contributed by atoms with Gasteiger partial charge in [0.2, 0.25) is 0 Å². The Bertz CT molecular complexity index is 377. The Morgan fingerprint density at radius 1 is 1.32 bits per heavy atom. The van der Waals surface area contributed by atoms with E-state index in [-0.39, 0.29) is 0 Å². The Balaban J connectivity index is 2.07. The summed E-state index contributed by atoms with van der Waals surface area (Å²) in [6, 6.07) is 9.62. The van der Waals surface area contributed by atoms with Crippen LogP contribution in [0.15, 0.2) is 24.3 Å². The third-order valence-electron chi connectivity index (χ3n) is 4.18. The number of benzene rings is 1. The van der Waals surface area contributed by atoms with E-state index >= 15 is 0 Å². The van der Waals surface area contributed by atoms with Crippen LogP contribution in [0.5, 0.6) is 0 Å². The highest BCUT2D eigenvalue weighted by Crippen LogP contribution is 2.37. The van der Waals surface area contributed by atoms with Crippen molar-refractivity contribution in [1.29, 1.82) is 0 Å². The van der Waals surface area contributed by atoms with E-state index in [1.54, 1.807) is 11.1 Å². The molecule has 0 bridgehead atoms. The number of hydrogen-bond acceptors (Lipinski definition) is 2. The predicted octanol–water partition coefficient (Wildman–Crippen LogP) is 4.43. The van der Waals surface area contributed by atoms with E-state index in [0.717, 1.165) is 12.5 Å². The number of thioether (sulfide) groups is 1. The molecule has 1 aromatic carbocycles. The Hall–Kier alpha value is -0.470. The number of rotatable bonds is 7. The minimum atomic E-state index is 0.590. The van der Waals surface area contributed by atoms with Crippen LogP contribution in [-0.2, 0) is 6.42 Å². The molecular formula is C17H27NS. The number of nitrogens with one attached hydrogen (secondary N) is 1. The normalized spacial score (nSPS) is 22.2. The van der Waals surface area contributed by atoms with E-state index in [1.807, 2.05) is 11.8 Å². The lowest BCUT2D eigenvalue weighted by Crippen LogP contribution is -2.33. The fourth-order valence-corrected chi connectivity index (χ4v) is 3.66. The van der Waals surface area contributed by atoms with Crippen molar-refractivity contribution in [2.24, 2.45) is 5.92 Å². The van der Waals surface area contributed by atoms with Crippen molar-refractivity contribution in [2.45, 2.75) is 45.1 Å². The summed E-state index contributed by atoms with van der Waals surface area (Å²) in [6.07, 6.45) is 8.78. The molecule has 1 nitrogen and oxygen atoms in total. The molecular weight excluding hydrogens is 250 g/mol. The fraction of sp³-hybridized carbons (Fsp3) is 0.647. The lowest BCUT2D eigenvalue weighted by atomic mass is 9.77.